The van der Waals surface area contributed by atoms with Crippen molar-refractivity contribution in [1.29, 1.82) is 0 Å². The minimum Gasteiger partial charge on any atom is -0.469 e. The van der Waals surface area contributed by atoms with Crippen molar-refractivity contribution in [2.45, 2.75) is 40.2 Å². The quantitative estimate of drug-likeness (QED) is 0.277. The normalized spacial score (nSPS) is 31.1. The van der Waals surface area contributed by atoms with Crippen LogP contribution in [0.15, 0.2) is 12.2 Å². The van der Waals surface area contributed by atoms with E-state index in [4.69, 9.17) is 18.9 Å². The summed E-state index contributed by atoms with van der Waals surface area (Å²) in [5, 5.41) is 0. The van der Waals surface area contributed by atoms with Gasteiger partial charge in [0.1, 0.15) is 19.3 Å². The molecule has 0 radical (unpaired) electrons. The average molecular weight is 396 g/mol. The summed E-state index contributed by atoms with van der Waals surface area (Å²) in [6, 6.07) is 0. The van der Waals surface area contributed by atoms with Crippen molar-refractivity contribution in [2.75, 3.05) is 20.3 Å². The molecule has 1 saturated carbocycles. The molecule has 156 valence electrons. The molecule has 1 saturated heterocycles. The fourth-order valence-corrected chi connectivity index (χ4v) is 4.39. The first kappa shape index (κ1) is 21.9. The highest BCUT2D eigenvalue weighted by Crippen LogP contribution is 2.57. The van der Waals surface area contributed by atoms with Gasteiger partial charge in [-0.15, -0.1) is 0 Å². The second kappa shape index (κ2) is 8.32. The molecule has 8 nitrogen and oxygen atoms in total. The number of esters is 4. The van der Waals surface area contributed by atoms with E-state index in [0.717, 1.165) is 0 Å². The van der Waals surface area contributed by atoms with Gasteiger partial charge in [-0.3, -0.25) is 14.4 Å². The summed E-state index contributed by atoms with van der Waals surface area (Å²) in [6.45, 7) is 10.1. The maximum atomic E-state index is 13.1. The summed E-state index contributed by atoms with van der Waals surface area (Å²) in [6.07, 6.45) is -0.506. The smallest absolute Gasteiger partial charge is 0.333 e. The first-order valence-electron chi connectivity index (χ1n) is 9.36. The summed E-state index contributed by atoms with van der Waals surface area (Å²) >= 11 is 0. The third-order valence-electron chi connectivity index (χ3n) is 5.87. The SMILES string of the molecule is C=C(C)C(=O)OCCOC(=O)C1(C(C)C)CC(C(=O)OC)C2OC(=O)C1C2C. The lowest BCUT2D eigenvalue weighted by atomic mass is 9.55. The van der Waals surface area contributed by atoms with Crippen molar-refractivity contribution in [2.24, 2.45) is 29.1 Å². The van der Waals surface area contributed by atoms with Gasteiger partial charge in [-0.2, -0.15) is 0 Å². The second-order valence-corrected chi connectivity index (χ2v) is 7.82. The van der Waals surface area contributed by atoms with E-state index in [1.165, 1.54) is 14.0 Å². The Morgan fingerprint density at radius 2 is 1.86 bits per heavy atom. The minimum atomic E-state index is -1.22. The molecule has 0 aromatic carbocycles. The van der Waals surface area contributed by atoms with Crippen molar-refractivity contribution < 1.29 is 38.1 Å². The van der Waals surface area contributed by atoms with Crippen LogP contribution in [-0.2, 0) is 38.1 Å². The summed E-state index contributed by atoms with van der Waals surface area (Å²) in [4.78, 5) is 49.4. The average Bonchev–Trinajstić information content (AvgIpc) is 2.85. The van der Waals surface area contributed by atoms with Crippen LogP contribution in [0.3, 0.4) is 0 Å². The first-order chi connectivity index (χ1) is 13.1. The van der Waals surface area contributed by atoms with E-state index in [2.05, 4.69) is 6.58 Å². The number of carbonyl (C=O) groups excluding carboxylic acids is 4. The second-order valence-electron chi connectivity index (χ2n) is 7.82. The van der Waals surface area contributed by atoms with E-state index in [-0.39, 0.29) is 37.0 Å². The van der Waals surface area contributed by atoms with Gasteiger partial charge in [-0.1, -0.05) is 27.4 Å². The van der Waals surface area contributed by atoms with Crippen molar-refractivity contribution in [3.63, 3.8) is 0 Å². The van der Waals surface area contributed by atoms with Crippen LogP contribution in [-0.4, -0.2) is 50.3 Å². The summed E-state index contributed by atoms with van der Waals surface area (Å²) in [5.74, 6) is -4.25. The fraction of sp³-hybridized carbons (Fsp3) is 0.700. The largest absolute Gasteiger partial charge is 0.469 e. The van der Waals surface area contributed by atoms with Crippen LogP contribution in [0.1, 0.15) is 34.1 Å². The van der Waals surface area contributed by atoms with Gasteiger partial charge in [0.25, 0.3) is 0 Å². The lowest BCUT2D eigenvalue weighted by Crippen LogP contribution is -2.55. The van der Waals surface area contributed by atoms with E-state index in [1.54, 1.807) is 6.92 Å². The molecule has 1 aliphatic heterocycles. The topological polar surface area (TPSA) is 105 Å². The van der Waals surface area contributed by atoms with Gasteiger partial charge in [0, 0.05) is 11.5 Å². The molecule has 2 fully saturated rings. The van der Waals surface area contributed by atoms with Crippen LogP contribution in [0.25, 0.3) is 0 Å². The Labute approximate surface area is 164 Å². The highest BCUT2D eigenvalue weighted by molar-refractivity contribution is 5.90. The van der Waals surface area contributed by atoms with Gasteiger partial charge in [0.05, 0.1) is 24.4 Å². The molecule has 0 spiro atoms. The Morgan fingerprint density at radius 3 is 2.39 bits per heavy atom. The van der Waals surface area contributed by atoms with Gasteiger partial charge in [0.15, 0.2) is 0 Å². The first-order valence-corrected chi connectivity index (χ1v) is 9.36. The summed E-state index contributed by atoms with van der Waals surface area (Å²) in [7, 11) is 1.27. The number of fused-ring (bicyclic) bond motifs is 2. The van der Waals surface area contributed by atoms with Crippen molar-refractivity contribution in [3.05, 3.63) is 12.2 Å². The number of hydrogen-bond donors (Lipinski definition) is 0. The van der Waals surface area contributed by atoms with Gasteiger partial charge in [-0.25, -0.2) is 4.79 Å². The lowest BCUT2D eigenvalue weighted by Gasteiger charge is -2.45. The van der Waals surface area contributed by atoms with Gasteiger partial charge >= 0.3 is 23.9 Å². The van der Waals surface area contributed by atoms with Crippen LogP contribution in [0, 0.1) is 29.1 Å². The van der Waals surface area contributed by atoms with E-state index in [1.807, 2.05) is 13.8 Å². The van der Waals surface area contributed by atoms with Crippen molar-refractivity contribution in [1.82, 2.24) is 0 Å². The number of ether oxygens (including phenoxy) is 4. The number of rotatable bonds is 7. The zero-order chi connectivity index (χ0) is 21.2. The predicted octanol–water partition coefficient (Wildman–Crippen LogP) is 1.66. The van der Waals surface area contributed by atoms with Crippen LogP contribution in [0.5, 0.6) is 0 Å². The minimum absolute atomic E-state index is 0.104. The highest BCUT2D eigenvalue weighted by Gasteiger charge is 2.67. The molecule has 28 heavy (non-hydrogen) atoms. The van der Waals surface area contributed by atoms with Crippen LogP contribution < -0.4 is 0 Å². The number of hydrogen-bond acceptors (Lipinski definition) is 8. The third kappa shape index (κ3) is 3.64. The predicted molar refractivity (Wildman–Crippen MR) is 96.7 cm³/mol. The maximum absolute atomic E-state index is 13.1. The molecule has 1 aliphatic carbocycles. The van der Waals surface area contributed by atoms with Gasteiger partial charge in [-0.05, 0) is 19.3 Å². The molecule has 2 rings (SSSR count). The van der Waals surface area contributed by atoms with Crippen LogP contribution in [0.4, 0.5) is 0 Å². The standard InChI is InChI=1S/C20H28O8/c1-10(2)16(21)26-7-8-27-19(24)20(11(3)4)9-13(17(22)25-6)15-12(5)14(20)18(23)28-15/h11-15H,1,7-9H2,2-6H3. The van der Waals surface area contributed by atoms with Crippen molar-refractivity contribution in [3.8, 4) is 0 Å². The van der Waals surface area contributed by atoms with Crippen LogP contribution in [0.2, 0.25) is 0 Å². The van der Waals surface area contributed by atoms with Gasteiger partial charge < -0.3 is 18.9 Å². The Balaban J connectivity index is 2.23. The summed E-state index contributed by atoms with van der Waals surface area (Å²) < 4.78 is 20.6. The Hall–Kier alpha value is -2.38. The molecule has 0 aromatic heterocycles. The molecule has 2 bridgehead atoms. The molecule has 5 atom stereocenters. The van der Waals surface area contributed by atoms with Crippen molar-refractivity contribution >= 4 is 23.9 Å². The monoisotopic (exact) mass is 396 g/mol. The van der Waals surface area contributed by atoms with Crippen LogP contribution >= 0.6 is 0 Å². The molecule has 0 N–H and O–H groups in total. The Morgan fingerprint density at radius 1 is 1.25 bits per heavy atom. The van der Waals surface area contributed by atoms with E-state index < -0.39 is 47.2 Å². The number of methoxy groups -OCH3 is 1. The molecule has 0 aromatic rings. The summed E-state index contributed by atoms with van der Waals surface area (Å²) in [5.41, 5.74) is -0.979. The molecule has 2 aliphatic rings. The lowest BCUT2D eigenvalue weighted by molar-refractivity contribution is -0.176. The Kier molecular flexibility index (Phi) is 6.52. The molecular formula is C20H28O8. The van der Waals surface area contributed by atoms with E-state index >= 15 is 0 Å². The zero-order valence-corrected chi connectivity index (χ0v) is 17.0. The molecule has 1 heterocycles. The fourth-order valence-electron chi connectivity index (χ4n) is 4.39. The molecule has 5 unspecified atom stereocenters. The number of carbonyl (C=O) groups is 4. The maximum Gasteiger partial charge on any atom is 0.333 e. The third-order valence-corrected chi connectivity index (χ3v) is 5.87. The van der Waals surface area contributed by atoms with Gasteiger partial charge in [0.2, 0.25) is 0 Å². The molecule has 8 heteroatoms. The van der Waals surface area contributed by atoms with E-state index in [0.29, 0.717) is 0 Å². The molecular weight excluding hydrogens is 368 g/mol. The zero-order valence-electron chi connectivity index (χ0n) is 17.0. The molecule has 0 amide bonds. The highest BCUT2D eigenvalue weighted by atomic mass is 16.6. The Bertz CT molecular complexity index is 682. The van der Waals surface area contributed by atoms with E-state index in [9.17, 15) is 19.2 Å².